The molecule has 8 nitrogen and oxygen atoms in total. The van der Waals surface area contributed by atoms with E-state index >= 15 is 0 Å². The number of rotatable bonds is 3. The second kappa shape index (κ2) is 5.23. The van der Waals surface area contributed by atoms with Gasteiger partial charge in [0.2, 0.25) is 10.0 Å². The number of nitriles is 1. The number of hydrogen-bond acceptors (Lipinski definition) is 6. The van der Waals surface area contributed by atoms with Crippen molar-refractivity contribution in [3.8, 4) is 6.07 Å². The minimum absolute atomic E-state index is 0.0261. The molecule has 3 heterocycles. The largest absolute Gasteiger partial charge is 0.248 e. The summed E-state index contributed by atoms with van der Waals surface area (Å²) in [7, 11) is -3.71. The zero-order valence-corrected chi connectivity index (χ0v) is 11.8. The van der Waals surface area contributed by atoms with E-state index in [1.165, 1.54) is 24.7 Å². The number of aryl methyl sites for hydroxylation is 1. The van der Waals surface area contributed by atoms with E-state index < -0.39 is 16.1 Å². The van der Waals surface area contributed by atoms with Crippen molar-refractivity contribution in [3.63, 3.8) is 0 Å². The van der Waals surface area contributed by atoms with Crippen LogP contribution in [0.1, 0.15) is 30.4 Å². The molecule has 2 aromatic heterocycles. The van der Waals surface area contributed by atoms with Crippen LogP contribution in [0.25, 0.3) is 0 Å². The lowest BCUT2D eigenvalue weighted by Crippen LogP contribution is -2.33. The summed E-state index contributed by atoms with van der Waals surface area (Å²) in [5.41, 5.74) is 0.173. The van der Waals surface area contributed by atoms with Gasteiger partial charge in [-0.3, -0.25) is 0 Å². The standard InChI is InChI=1S/C12H12N6O2S/c13-6-9-3-4-10(7-14-9)21(19,20)17-11-2-1-5-18-12(11)15-8-16-18/h3-4,7-8,11,17H,1-2,5H2/t11-/m1/s1. The SMILES string of the molecule is N#Cc1ccc(S(=O)(=O)N[C@@H]2CCCn3ncnc32)cn1. The molecule has 1 aliphatic rings. The highest BCUT2D eigenvalue weighted by Gasteiger charge is 2.27. The van der Waals surface area contributed by atoms with Gasteiger partial charge < -0.3 is 0 Å². The van der Waals surface area contributed by atoms with Crippen molar-refractivity contribution in [2.45, 2.75) is 30.3 Å². The third-order valence-corrected chi connectivity index (χ3v) is 4.74. The fourth-order valence-electron chi connectivity index (χ4n) is 2.26. The molecule has 1 N–H and O–H groups in total. The number of hydrogen-bond donors (Lipinski definition) is 1. The molecule has 0 saturated heterocycles. The van der Waals surface area contributed by atoms with Crippen molar-refractivity contribution in [1.82, 2.24) is 24.5 Å². The third-order valence-electron chi connectivity index (χ3n) is 3.28. The summed E-state index contributed by atoms with van der Waals surface area (Å²) in [5.74, 6) is 0.617. The fourth-order valence-corrected chi connectivity index (χ4v) is 3.43. The van der Waals surface area contributed by atoms with E-state index in [-0.39, 0.29) is 10.6 Å². The summed E-state index contributed by atoms with van der Waals surface area (Å²) in [6.07, 6.45) is 4.09. The van der Waals surface area contributed by atoms with Crippen LogP contribution >= 0.6 is 0 Å². The maximum absolute atomic E-state index is 12.3. The lowest BCUT2D eigenvalue weighted by atomic mass is 10.1. The normalized spacial score (nSPS) is 18.0. The molecule has 0 fully saturated rings. The van der Waals surface area contributed by atoms with E-state index in [1.807, 2.05) is 6.07 Å². The number of pyridine rings is 1. The van der Waals surface area contributed by atoms with Crippen LogP contribution in [-0.4, -0.2) is 28.2 Å². The highest BCUT2D eigenvalue weighted by molar-refractivity contribution is 7.89. The second-order valence-corrected chi connectivity index (χ2v) is 6.36. The van der Waals surface area contributed by atoms with Gasteiger partial charge in [0.05, 0.1) is 6.04 Å². The molecular formula is C12H12N6O2S. The van der Waals surface area contributed by atoms with E-state index in [0.29, 0.717) is 12.2 Å². The van der Waals surface area contributed by atoms with Gasteiger partial charge in [0.25, 0.3) is 0 Å². The van der Waals surface area contributed by atoms with Crippen LogP contribution in [0.15, 0.2) is 29.6 Å². The zero-order chi connectivity index (χ0) is 14.9. The molecule has 21 heavy (non-hydrogen) atoms. The van der Waals surface area contributed by atoms with E-state index in [2.05, 4.69) is 19.8 Å². The Morgan fingerprint density at radius 1 is 1.38 bits per heavy atom. The molecule has 0 aliphatic carbocycles. The van der Waals surface area contributed by atoms with Crippen molar-refractivity contribution in [1.29, 1.82) is 5.26 Å². The number of fused-ring (bicyclic) bond motifs is 1. The Labute approximate surface area is 121 Å². The maximum Gasteiger partial charge on any atom is 0.242 e. The molecule has 0 spiro atoms. The molecule has 0 radical (unpaired) electrons. The molecule has 0 amide bonds. The van der Waals surface area contributed by atoms with Crippen molar-refractivity contribution in [3.05, 3.63) is 36.2 Å². The first kappa shape index (κ1) is 13.7. The average molecular weight is 304 g/mol. The van der Waals surface area contributed by atoms with E-state index in [1.54, 1.807) is 4.68 Å². The Kier molecular flexibility index (Phi) is 3.40. The maximum atomic E-state index is 12.3. The van der Waals surface area contributed by atoms with Crippen LogP contribution in [0.3, 0.4) is 0 Å². The Balaban J connectivity index is 1.86. The summed E-state index contributed by atoms with van der Waals surface area (Å²) >= 11 is 0. The first-order valence-corrected chi connectivity index (χ1v) is 7.84. The zero-order valence-electron chi connectivity index (χ0n) is 11.0. The van der Waals surface area contributed by atoms with Gasteiger partial charge in [-0.05, 0) is 25.0 Å². The van der Waals surface area contributed by atoms with Crippen molar-refractivity contribution in [2.24, 2.45) is 0 Å². The molecule has 0 aromatic carbocycles. The molecule has 0 unspecified atom stereocenters. The minimum Gasteiger partial charge on any atom is -0.248 e. The summed E-state index contributed by atoms with van der Waals surface area (Å²) < 4.78 is 29.0. The predicted octanol–water partition coefficient (Wildman–Crippen LogP) is 0.358. The number of aromatic nitrogens is 4. The van der Waals surface area contributed by atoms with Crippen LogP contribution in [0, 0.1) is 11.3 Å². The first-order valence-electron chi connectivity index (χ1n) is 6.36. The molecule has 108 valence electrons. The Bertz CT molecular complexity index is 790. The van der Waals surface area contributed by atoms with Gasteiger partial charge in [-0.25, -0.2) is 27.8 Å². The quantitative estimate of drug-likeness (QED) is 0.875. The van der Waals surface area contributed by atoms with Gasteiger partial charge in [0.15, 0.2) is 0 Å². The van der Waals surface area contributed by atoms with Crippen molar-refractivity contribution < 1.29 is 8.42 Å². The van der Waals surface area contributed by atoms with Crippen molar-refractivity contribution >= 4 is 10.0 Å². The minimum atomic E-state index is -3.71. The summed E-state index contributed by atoms with van der Waals surface area (Å²) in [6.45, 7) is 0.742. The lowest BCUT2D eigenvalue weighted by Gasteiger charge is -2.22. The molecule has 0 bridgehead atoms. The topological polar surface area (TPSA) is 114 Å². The molecule has 1 atom stereocenters. The third kappa shape index (κ3) is 2.63. The van der Waals surface area contributed by atoms with Gasteiger partial charge in [-0.1, -0.05) is 0 Å². The van der Waals surface area contributed by atoms with Crippen molar-refractivity contribution in [2.75, 3.05) is 0 Å². The predicted molar refractivity (Wildman–Crippen MR) is 71.3 cm³/mol. The van der Waals surface area contributed by atoms with Gasteiger partial charge in [0, 0.05) is 12.7 Å². The van der Waals surface area contributed by atoms with Gasteiger partial charge in [-0.2, -0.15) is 10.4 Å². The van der Waals surface area contributed by atoms with Crippen LogP contribution < -0.4 is 4.72 Å². The highest BCUT2D eigenvalue weighted by atomic mass is 32.2. The first-order chi connectivity index (χ1) is 10.1. The summed E-state index contributed by atoms with van der Waals surface area (Å²) in [6, 6.07) is 4.18. The fraction of sp³-hybridized carbons (Fsp3) is 0.333. The Morgan fingerprint density at radius 3 is 2.95 bits per heavy atom. The summed E-state index contributed by atoms with van der Waals surface area (Å²) in [4.78, 5) is 7.91. The molecular weight excluding hydrogens is 292 g/mol. The molecule has 0 saturated carbocycles. The number of sulfonamides is 1. The van der Waals surface area contributed by atoms with Crippen LogP contribution in [0.5, 0.6) is 0 Å². The van der Waals surface area contributed by atoms with Gasteiger partial charge >= 0.3 is 0 Å². The molecule has 9 heteroatoms. The summed E-state index contributed by atoms with van der Waals surface area (Å²) in [5, 5.41) is 12.7. The van der Waals surface area contributed by atoms with E-state index in [4.69, 9.17) is 5.26 Å². The highest BCUT2D eigenvalue weighted by Crippen LogP contribution is 2.24. The monoisotopic (exact) mass is 304 g/mol. The van der Waals surface area contributed by atoms with Crippen LogP contribution in [-0.2, 0) is 16.6 Å². The second-order valence-electron chi connectivity index (χ2n) is 4.65. The molecule has 3 rings (SSSR count). The Hall–Kier alpha value is -2.31. The lowest BCUT2D eigenvalue weighted by molar-refractivity contribution is 0.400. The van der Waals surface area contributed by atoms with Crippen LogP contribution in [0.2, 0.25) is 0 Å². The molecule has 1 aliphatic heterocycles. The van der Waals surface area contributed by atoms with Gasteiger partial charge in [-0.15, -0.1) is 0 Å². The van der Waals surface area contributed by atoms with E-state index in [0.717, 1.165) is 13.0 Å². The number of nitrogens with zero attached hydrogens (tertiary/aromatic N) is 5. The average Bonchev–Trinajstić information content (AvgIpc) is 2.97. The van der Waals surface area contributed by atoms with Crippen LogP contribution in [0.4, 0.5) is 0 Å². The van der Waals surface area contributed by atoms with Gasteiger partial charge in [0.1, 0.15) is 28.8 Å². The molecule has 2 aromatic rings. The smallest absolute Gasteiger partial charge is 0.242 e. The Morgan fingerprint density at radius 2 is 2.24 bits per heavy atom. The number of nitrogens with one attached hydrogen (secondary N) is 1. The van der Waals surface area contributed by atoms with E-state index in [9.17, 15) is 8.42 Å².